The molecule has 0 aromatic heterocycles. The van der Waals surface area contributed by atoms with Gasteiger partial charge in [0, 0.05) is 0 Å². The van der Waals surface area contributed by atoms with Crippen molar-refractivity contribution in [2.24, 2.45) is 0 Å². The van der Waals surface area contributed by atoms with Crippen LogP contribution in [0.2, 0.25) is 5.32 Å². The van der Waals surface area contributed by atoms with Gasteiger partial charge in [-0.1, -0.05) is 0 Å². The van der Waals surface area contributed by atoms with E-state index in [-0.39, 0.29) is 0 Å². The van der Waals surface area contributed by atoms with E-state index in [9.17, 15) is 0 Å². The van der Waals surface area contributed by atoms with Crippen molar-refractivity contribution in [3.8, 4) is 0 Å². The van der Waals surface area contributed by atoms with Gasteiger partial charge in [0.15, 0.2) is 0 Å². The third kappa shape index (κ3) is 10.9. The second kappa shape index (κ2) is 14.2. The normalized spacial score (nSPS) is 10.8. The molecule has 0 nitrogen and oxygen atoms in total. The van der Waals surface area contributed by atoms with Gasteiger partial charge in [0.05, 0.1) is 0 Å². The van der Waals surface area contributed by atoms with Gasteiger partial charge in [-0.25, -0.2) is 0 Å². The second-order valence-corrected chi connectivity index (χ2v) is 8.52. The Hall–Kier alpha value is 0.219. The van der Waals surface area contributed by atoms with Crippen LogP contribution < -0.4 is 0 Å². The van der Waals surface area contributed by atoms with E-state index in [0.717, 1.165) is 15.0 Å². The minimum atomic E-state index is 0.817. The zero-order chi connectivity index (χ0) is 14.3. The molecule has 20 heavy (non-hydrogen) atoms. The Morgan fingerprint density at radius 1 is 0.700 bits per heavy atom. The molecule has 0 saturated heterocycles. The monoisotopic (exact) mass is 404 g/mol. The maximum atomic E-state index is 3.49. The maximum absolute atomic E-state index is 3.49. The summed E-state index contributed by atoms with van der Waals surface area (Å²) in [5.74, 6) is 0. The summed E-state index contributed by atoms with van der Waals surface area (Å²) in [6.07, 6.45) is 12.9. The molecule has 0 radical (unpaired) electrons. The summed E-state index contributed by atoms with van der Waals surface area (Å²) in [5.41, 5.74) is 1.52. The number of halogens is 1. The van der Waals surface area contributed by atoms with Gasteiger partial charge in [0.2, 0.25) is 0 Å². The summed E-state index contributed by atoms with van der Waals surface area (Å²) in [4.78, 5) is 0. The van der Waals surface area contributed by atoms with Crippen LogP contribution in [-0.4, -0.2) is 20.3 Å². The summed E-state index contributed by atoms with van der Waals surface area (Å²) >= 11 is 4.31. The Kier molecular flexibility index (Phi) is 12.9. The average Bonchev–Trinajstić information content (AvgIpc) is 2.49. The van der Waals surface area contributed by atoms with E-state index in [1.807, 2.05) is 0 Å². The molecule has 1 rings (SSSR count). The zero-order valence-corrected chi connectivity index (χ0v) is 16.0. The quantitative estimate of drug-likeness (QED) is 0.208. The number of alkyl halides is 1. The first-order valence-electron chi connectivity index (χ1n) is 8.11. The van der Waals surface area contributed by atoms with Crippen molar-refractivity contribution in [3.05, 3.63) is 35.9 Å². The molecule has 2 heteroatoms. The van der Waals surface area contributed by atoms with Crippen LogP contribution in [-0.2, 0) is 5.32 Å². The standard InChI is InChI=1S/C18H29BrSe/c19-15-11-6-4-2-1-3-5-7-12-16-20-17-18-13-9-8-10-14-18/h8-10,13-14H,1-7,11-12,15-17H2. The Balaban J connectivity index is 1.77. The number of hydrogen-bond acceptors (Lipinski definition) is 0. The summed E-state index contributed by atoms with van der Waals surface area (Å²) in [6.45, 7) is 0. The first-order valence-corrected chi connectivity index (χ1v) is 11.7. The fraction of sp³-hybridized carbons (Fsp3) is 0.667. The van der Waals surface area contributed by atoms with E-state index in [1.54, 1.807) is 0 Å². The van der Waals surface area contributed by atoms with Crippen LogP contribution in [0, 0.1) is 0 Å². The van der Waals surface area contributed by atoms with Crippen molar-refractivity contribution in [2.75, 3.05) is 5.33 Å². The molecule has 1 aromatic carbocycles. The SMILES string of the molecule is BrCCCCCCCCCCC[Se]Cc1ccccc1. The van der Waals surface area contributed by atoms with E-state index >= 15 is 0 Å². The van der Waals surface area contributed by atoms with Gasteiger partial charge in [0.25, 0.3) is 0 Å². The molecule has 0 aliphatic heterocycles. The number of benzene rings is 1. The number of hydrogen-bond donors (Lipinski definition) is 0. The molecule has 1 aromatic rings. The molecule has 0 aliphatic carbocycles. The first kappa shape index (κ1) is 18.3. The van der Waals surface area contributed by atoms with Crippen molar-refractivity contribution in [1.29, 1.82) is 0 Å². The van der Waals surface area contributed by atoms with Gasteiger partial charge in [-0.15, -0.1) is 0 Å². The predicted octanol–water partition coefficient (Wildman–Crippen LogP) is 6.21. The van der Waals surface area contributed by atoms with E-state index in [1.165, 1.54) is 79.3 Å². The minimum absolute atomic E-state index is 0.817. The van der Waals surface area contributed by atoms with Crippen LogP contribution in [0.15, 0.2) is 30.3 Å². The van der Waals surface area contributed by atoms with Crippen LogP contribution in [0.4, 0.5) is 0 Å². The molecule has 0 aliphatic rings. The van der Waals surface area contributed by atoms with Gasteiger partial charge in [-0.05, 0) is 0 Å². The number of unbranched alkanes of at least 4 members (excludes halogenated alkanes) is 8. The van der Waals surface area contributed by atoms with Crippen molar-refractivity contribution < 1.29 is 0 Å². The van der Waals surface area contributed by atoms with Crippen LogP contribution in [0.1, 0.15) is 63.4 Å². The molecule has 114 valence electrons. The van der Waals surface area contributed by atoms with Crippen molar-refractivity contribution >= 4 is 30.9 Å². The summed E-state index contributed by atoms with van der Waals surface area (Å²) in [6, 6.07) is 10.9. The fourth-order valence-electron chi connectivity index (χ4n) is 2.30. The van der Waals surface area contributed by atoms with E-state index in [4.69, 9.17) is 0 Å². The van der Waals surface area contributed by atoms with Crippen LogP contribution in [0.25, 0.3) is 0 Å². The summed E-state index contributed by atoms with van der Waals surface area (Å²) in [7, 11) is 0. The van der Waals surface area contributed by atoms with Gasteiger partial charge >= 0.3 is 141 Å². The third-order valence-electron chi connectivity index (χ3n) is 3.53. The fourth-order valence-corrected chi connectivity index (χ4v) is 4.75. The second-order valence-electron chi connectivity index (χ2n) is 5.41. The number of rotatable bonds is 13. The first-order chi connectivity index (χ1) is 9.93. The van der Waals surface area contributed by atoms with Crippen molar-refractivity contribution in [3.63, 3.8) is 0 Å². The molecule has 0 fully saturated rings. The Bertz CT molecular complexity index is 300. The zero-order valence-electron chi connectivity index (χ0n) is 12.7. The van der Waals surface area contributed by atoms with Gasteiger partial charge in [-0.3, -0.25) is 0 Å². The molecule has 0 unspecified atom stereocenters. The van der Waals surface area contributed by atoms with E-state index in [2.05, 4.69) is 46.3 Å². The van der Waals surface area contributed by atoms with Crippen LogP contribution in [0.5, 0.6) is 0 Å². The average molecular weight is 404 g/mol. The van der Waals surface area contributed by atoms with Crippen molar-refractivity contribution in [2.45, 2.75) is 68.4 Å². The van der Waals surface area contributed by atoms with Crippen molar-refractivity contribution in [1.82, 2.24) is 0 Å². The Morgan fingerprint density at radius 2 is 1.25 bits per heavy atom. The molecule has 0 saturated carbocycles. The summed E-state index contributed by atoms with van der Waals surface area (Å²) in [5, 5.41) is 3.96. The molecular weight excluding hydrogens is 375 g/mol. The van der Waals surface area contributed by atoms with Crippen LogP contribution in [0.3, 0.4) is 0 Å². The molecule has 0 atom stereocenters. The topological polar surface area (TPSA) is 0 Å². The third-order valence-corrected chi connectivity index (χ3v) is 6.43. The molecule has 0 amide bonds. The van der Waals surface area contributed by atoms with Gasteiger partial charge < -0.3 is 0 Å². The molecule has 0 heterocycles. The summed E-state index contributed by atoms with van der Waals surface area (Å²) < 4.78 is 0. The van der Waals surface area contributed by atoms with E-state index < -0.39 is 0 Å². The van der Waals surface area contributed by atoms with Gasteiger partial charge in [0.1, 0.15) is 0 Å². The van der Waals surface area contributed by atoms with Gasteiger partial charge in [-0.2, -0.15) is 0 Å². The van der Waals surface area contributed by atoms with Crippen LogP contribution >= 0.6 is 15.9 Å². The Morgan fingerprint density at radius 3 is 1.85 bits per heavy atom. The predicted molar refractivity (Wildman–Crippen MR) is 96.1 cm³/mol. The molecule has 0 spiro atoms. The van der Waals surface area contributed by atoms with E-state index in [0.29, 0.717) is 0 Å². The molecule has 0 N–H and O–H groups in total. The molecular formula is C18H29BrSe. The molecule has 0 bridgehead atoms. The Labute approximate surface area is 140 Å².